The Kier molecular flexibility index (Phi) is 6.60. The Balaban J connectivity index is 2.52. The summed E-state index contributed by atoms with van der Waals surface area (Å²) in [7, 11) is 0. The number of anilines is 1. The van der Waals surface area contributed by atoms with Crippen LogP contribution in [0.3, 0.4) is 0 Å². The van der Waals surface area contributed by atoms with Crippen molar-refractivity contribution in [1.29, 1.82) is 5.26 Å². The topological polar surface area (TPSA) is 79.2 Å². The minimum atomic E-state index is -0.387. The van der Waals surface area contributed by atoms with Gasteiger partial charge in [-0.15, -0.1) is 11.8 Å². The van der Waals surface area contributed by atoms with Gasteiger partial charge in [0.1, 0.15) is 0 Å². The van der Waals surface area contributed by atoms with Crippen molar-refractivity contribution in [3.05, 3.63) is 29.8 Å². The Morgan fingerprint density at radius 1 is 1.35 bits per heavy atom. The third kappa shape index (κ3) is 5.76. The molecule has 0 aliphatic carbocycles. The van der Waals surface area contributed by atoms with Crippen molar-refractivity contribution in [2.45, 2.75) is 20.0 Å². The number of nitrogens with one attached hydrogen (secondary N) is 1. The number of carbonyl (C=O) groups is 2. The summed E-state index contributed by atoms with van der Waals surface area (Å²) in [6.07, 6.45) is -0.168. The molecule has 0 bridgehead atoms. The molecule has 0 spiro atoms. The summed E-state index contributed by atoms with van der Waals surface area (Å²) in [5.41, 5.74) is 1.05. The highest BCUT2D eigenvalue weighted by Gasteiger charge is 2.09. The molecule has 1 amide bonds. The zero-order valence-electron chi connectivity index (χ0n) is 11.4. The maximum atomic E-state index is 11.6. The van der Waals surface area contributed by atoms with E-state index in [2.05, 4.69) is 5.32 Å². The van der Waals surface area contributed by atoms with E-state index >= 15 is 0 Å². The molecule has 0 aliphatic heterocycles. The number of rotatable bonds is 6. The first-order chi connectivity index (χ1) is 9.52. The van der Waals surface area contributed by atoms with Crippen LogP contribution in [0.2, 0.25) is 0 Å². The Morgan fingerprint density at radius 2 is 2.00 bits per heavy atom. The Bertz CT molecular complexity index is 506. The molecule has 1 N–H and O–H groups in total. The van der Waals surface area contributed by atoms with Crippen molar-refractivity contribution < 1.29 is 14.3 Å². The van der Waals surface area contributed by atoms with Gasteiger partial charge in [0, 0.05) is 5.69 Å². The molecule has 6 heteroatoms. The molecule has 0 saturated heterocycles. The van der Waals surface area contributed by atoms with Crippen LogP contribution in [-0.2, 0) is 9.53 Å². The van der Waals surface area contributed by atoms with Crippen LogP contribution in [0, 0.1) is 11.3 Å². The van der Waals surface area contributed by atoms with E-state index in [1.54, 1.807) is 38.1 Å². The molecule has 20 heavy (non-hydrogen) atoms. The number of hydrogen-bond donors (Lipinski definition) is 1. The SMILES string of the molecule is CC(C)OC(=O)c1ccc(NC(=O)CSCC#N)cc1. The van der Waals surface area contributed by atoms with E-state index in [-0.39, 0.29) is 29.5 Å². The first kappa shape index (κ1) is 16.1. The number of benzene rings is 1. The van der Waals surface area contributed by atoms with E-state index in [1.807, 2.05) is 6.07 Å². The standard InChI is InChI=1S/C14H16N2O3S/c1-10(2)19-14(18)11-3-5-12(6-4-11)16-13(17)9-20-8-7-15/h3-6,10H,8-9H2,1-2H3,(H,16,17). The average Bonchev–Trinajstić information content (AvgIpc) is 2.39. The van der Waals surface area contributed by atoms with E-state index in [0.717, 1.165) is 0 Å². The second-order valence-electron chi connectivity index (χ2n) is 4.23. The van der Waals surface area contributed by atoms with Crippen molar-refractivity contribution in [2.75, 3.05) is 16.8 Å². The number of nitrogens with zero attached hydrogens (tertiary/aromatic N) is 1. The first-order valence-corrected chi connectivity index (χ1v) is 7.24. The highest BCUT2D eigenvalue weighted by Crippen LogP contribution is 2.12. The molecular weight excluding hydrogens is 276 g/mol. The second-order valence-corrected chi connectivity index (χ2v) is 5.22. The number of esters is 1. The van der Waals surface area contributed by atoms with Gasteiger partial charge in [0.15, 0.2) is 0 Å². The predicted molar refractivity (Wildman–Crippen MR) is 78.6 cm³/mol. The molecule has 0 saturated carbocycles. The maximum absolute atomic E-state index is 11.6. The fraction of sp³-hybridized carbons (Fsp3) is 0.357. The van der Waals surface area contributed by atoms with Gasteiger partial charge in [-0.3, -0.25) is 4.79 Å². The third-order valence-electron chi connectivity index (χ3n) is 2.15. The van der Waals surface area contributed by atoms with Gasteiger partial charge in [-0.05, 0) is 38.1 Å². The Morgan fingerprint density at radius 3 is 2.55 bits per heavy atom. The maximum Gasteiger partial charge on any atom is 0.338 e. The molecule has 0 aromatic heterocycles. The van der Waals surface area contributed by atoms with Crippen molar-refractivity contribution in [1.82, 2.24) is 0 Å². The summed E-state index contributed by atoms with van der Waals surface area (Å²) in [5.74, 6) is -0.0526. The third-order valence-corrected chi connectivity index (χ3v) is 2.95. The zero-order valence-corrected chi connectivity index (χ0v) is 12.2. The second kappa shape index (κ2) is 8.23. The summed E-state index contributed by atoms with van der Waals surface area (Å²) >= 11 is 1.25. The molecule has 0 heterocycles. The van der Waals surface area contributed by atoms with Crippen molar-refractivity contribution >= 4 is 29.3 Å². The summed E-state index contributed by atoms with van der Waals surface area (Å²) in [4.78, 5) is 23.1. The predicted octanol–water partition coefficient (Wildman–Crippen LogP) is 2.45. The van der Waals surface area contributed by atoms with E-state index in [0.29, 0.717) is 11.3 Å². The Labute approximate surface area is 122 Å². The molecule has 5 nitrogen and oxygen atoms in total. The smallest absolute Gasteiger partial charge is 0.338 e. The number of ether oxygens (including phenoxy) is 1. The van der Waals surface area contributed by atoms with Gasteiger partial charge >= 0.3 is 5.97 Å². The monoisotopic (exact) mass is 292 g/mol. The lowest BCUT2D eigenvalue weighted by Gasteiger charge is -2.08. The number of thioether (sulfide) groups is 1. The molecule has 1 rings (SSSR count). The number of carbonyl (C=O) groups excluding carboxylic acids is 2. The van der Waals surface area contributed by atoms with E-state index in [1.165, 1.54) is 11.8 Å². The van der Waals surface area contributed by atoms with Crippen LogP contribution in [0.15, 0.2) is 24.3 Å². The van der Waals surface area contributed by atoms with Crippen LogP contribution in [0.1, 0.15) is 24.2 Å². The molecule has 0 atom stereocenters. The van der Waals surface area contributed by atoms with Crippen molar-refractivity contribution in [3.8, 4) is 6.07 Å². The van der Waals surface area contributed by atoms with E-state index < -0.39 is 0 Å². The molecule has 0 unspecified atom stereocenters. The minimum absolute atomic E-state index is 0.168. The van der Waals surface area contributed by atoms with Gasteiger partial charge in [0.25, 0.3) is 0 Å². The van der Waals surface area contributed by atoms with Gasteiger partial charge in [-0.1, -0.05) is 0 Å². The molecule has 0 aliphatic rings. The summed E-state index contributed by atoms with van der Waals surface area (Å²) < 4.78 is 5.06. The minimum Gasteiger partial charge on any atom is -0.459 e. The quantitative estimate of drug-likeness (QED) is 0.643. The highest BCUT2D eigenvalue weighted by atomic mass is 32.2. The molecular formula is C14H16N2O3S. The van der Waals surface area contributed by atoms with Gasteiger partial charge < -0.3 is 10.1 Å². The van der Waals surface area contributed by atoms with Crippen molar-refractivity contribution in [2.24, 2.45) is 0 Å². The highest BCUT2D eigenvalue weighted by molar-refractivity contribution is 8.00. The molecule has 106 valence electrons. The molecule has 1 aromatic carbocycles. The summed E-state index contributed by atoms with van der Waals surface area (Å²) in [6, 6.07) is 8.44. The van der Waals surface area contributed by atoms with Gasteiger partial charge in [0.05, 0.1) is 29.2 Å². The summed E-state index contributed by atoms with van der Waals surface area (Å²) in [6.45, 7) is 3.57. The lowest BCUT2D eigenvalue weighted by molar-refractivity contribution is -0.113. The molecule has 0 fully saturated rings. The van der Waals surface area contributed by atoms with Crippen LogP contribution in [0.25, 0.3) is 0 Å². The number of hydrogen-bond acceptors (Lipinski definition) is 5. The fourth-order valence-electron chi connectivity index (χ4n) is 1.36. The normalized spacial score (nSPS) is 9.90. The largest absolute Gasteiger partial charge is 0.459 e. The van der Waals surface area contributed by atoms with Gasteiger partial charge in [-0.2, -0.15) is 5.26 Å². The van der Waals surface area contributed by atoms with Crippen LogP contribution in [-0.4, -0.2) is 29.5 Å². The molecule has 0 radical (unpaired) electrons. The molecule has 1 aromatic rings. The van der Waals surface area contributed by atoms with Crippen LogP contribution < -0.4 is 5.32 Å². The zero-order chi connectivity index (χ0) is 15.0. The lowest BCUT2D eigenvalue weighted by atomic mass is 10.2. The van der Waals surface area contributed by atoms with Gasteiger partial charge in [-0.25, -0.2) is 4.79 Å². The van der Waals surface area contributed by atoms with Gasteiger partial charge in [0.2, 0.25) is 5.91 Å². The lowest BCUT2D eigenvalue weighted by Crippen LogP contribution is -2.15. The Hall–Kier alpha value is -2.00. The van der Waals surface area contributed by atoms with E-state index in [4.69, 9.17) is 10.00 Å². The number of nitriles is 1. The van der Waals surface area contributed by atoms with Crippen LogP contribution in [0.4, 0.5) is 5.69 Å². The first-order valence-electron chi connectivity index (χ1n) is 6.08. The fourth-order valence-corrected chi connectivity index (χ4v) is 1.81. The summed E-state index contributed by atoms with van der Waals surface area (Å²) in [5, 5.41) is 11.1. The number of amides is 1. The van der Waals surface area contributed by atoms with Crippen LogP contribution in [0.5, 0.6) is 0 Å². The van der Waals surface area contributed by atoms with Crippen molar-refractivity contribution in [3.63, 3.8) is 0 Å². The van der Waals surface area contributed by atoms with Crippen LogP contribution >= 0.6 is 11.8 Å². The average molecular weight is 292 g/mol. The van der Waals surface area contributed by atoms with E-state index in [9.17, 15) is 9.59 Å².